The van der Waals surface area contributed by atoms with Gasteiger partial charge in [0.1, 0.15) is 0 Å². The Balaban J connectivity index is 1.80. The number of esters is 1. The number of para-hydroxylation sites is 2. The highest BCUT2D eigenvalue weighted by atomic mass is 16.5. The van der Waals surface area contributed by atoms with E-state index in [1.54, 1.807) is 6.33 Å². The number of hydrogen-bond acceptors (Lipinski definition) is 4. The Morgan fingerprint density at radius 3 is 2.90 bits per heavy atom. The number of hydrogen-bond donors (Lipinski definition) is 1. The van der Waals surface area contributed by atoms with Gasteiger partial charge in [-0.05, 0) is 12.1 Å². The molecule has 2 aromatic rings. The zero-order valence-corrected chi connectivity index (χ0v) is 11.3. The Kier molecular flexibility index (Phi) is 4.70. The van der Waals surface area contributed by atoms with Gasteiger partial charge >= 0.3 is 5.97 Å². The maximum absolute atomic E-state index is 11.6. The number of amides is 1. The first-order valence-electron chi connectivity index (χ1n) is 6.44. The molecule has 1 amide bonds. The van der Waals surface area contributed by atoms with Gasteiger partial charge in [-0.2, -0.15) is 0 Å². The second kappa shape index (κ2) is 6.70. The average molecular weight is 275 g/mol. The van der Waals surface area contributed by atoms with Crippen molar-refractivity contribution in [2.45, 2.75) is 19.4 Å². The van der Waals surface area contributed by atoms with E-state index in [1.807, 2.05) is 28.8 Å². The number of imidazole rings is 1. The van der Waals surface area contributed by atoms with Crippen LogP contribution in [0.25, 0.3) is 11.0 Å². The summed E-state index contributed by atoms with van der Waals surface area (Å²) in [5.41, 5.74) is 1.92. The molecule has 106 valence electrons. The first-order valence-corrected chi connectivity index (χ1v) is 6.44. The molecule has 1 N–H and O–H groups in total. The van der Waals surface area contributed by atoms with Crippen molar-refractivity contribution < 1.29 is 14.3 Å². The van der Waals surface area contributed by atoms with E-state index in [0.717, 1.165) is 11.0 Å². The lowest BCUT2D eigenvalue weighted by molar-refractivity contribution is -0.140. The number of methoxy groups -OCH3 is 1. The topological polar surface area (TPSA) is 73.2 Å². The van der Waals surface area contributed by atoms with E-state index in [0.29, 0.717) is 19.5 Å². The number of fused-ring (bicyclic) bond motifs is 1. The van der Waals surface area contributed by atoms with Crippen molar-refractivity contribution in [3.05, 3.63) is 30.6 Å². The van der Waals surface area contributed by atoms with Crippen LogP contribution in [-0.4, -0.2) is 35.1 Å². The zero-order valence-electron chi connectivity index (χ0n) is 11.3. The fraction of sp³-hybridized carbons (Fsp3) is 0.357. The quantitative estimate of drug-likeness (QED) is 0.801. The summed E-state index contributed by atoms with van der Waals surface area (Å²) in [6.45, 7) is 0.862. The number of ether oxygens (including phenoxy) is 1. The van der Waals surface area contributed by atoms with Crippen LogP contribution in [0.5, 0.6) is 0 Å². The molecule has 1 aromatic heterocycles. The number of benzene rings is 1. The molecule has 2 rings (SSSR count). The average Bonchev–Trinajstić information content (AvgIpc) is 2.88. The number of aryl methyl sites for hydroxylation is 1. The van der Waals surface area contributed by atoms with Crippen molar-refractivity contribution in [3.8, 4) is 0 Å². The van der Waals surface area contributed by atoms with Crippen molar-refractivity contribution in [2.24, 2.45) is 0 Å². The standard InChI is InChI=1S/C14H17N3O3/c1-20-14(19)6-8-15-13(18)7-9-17-10-16-11-4-2-3-5-12(11)17/h2-5,10H,6-9H2,1H3,(H,15,18). The summed E-state index contributed by atoms with van der Waals surface area (Å²) in [5.74, 6) is -0.419. The predicted molar refractivity (Wildman–Crippen MR) is 74.0 cm³/mol. The molecular formula is C14H17N3O3. The first-order chi connectivity index (χ1) is 9.70. The third-order valence-electron chi connectivity index (χ3n) is 2.99. The fourth-order valence-corrected chi connectivity index (χ4v) is 1.90. The smallest absolute Gasteiger partial charge is 0.307 e. The summed E-state index contributed by atoms with van der Waals surface area (Å²) in [6, 6.07) is 7.77. The highest BCUT2D eigenvalue weighted by Crippen LogP contribution is 2.11. The molecule has 0 saturated carbocycles. The molecule has 0 aliphatic carbocycles. The summed E-state index contributed by atoms with van der Waals surface area (Å²) in [6.07, 6.45) is 2.27. The molecule has 1 aromatic carbocycles. The van der Waals surface area contributed by atoms with Gasteiger partial charge in [0.25, 0.3) is 0 Å². The van der Waals surface area contributed by atoms with Crippen LogP contribution in [0.1, 0.15) is 12.8 Å². The lowest BCUT2D eigenvalue weighted by atomic mass is 10.3. The van der Waals surface area contributed by atoms with Crippen molar-refractivity contribution in [1.29, 1.82) is 0 Å². The molecular weight excluding hydrogens is 258 g/mol. The molecule has 6 heteroatoms. The molecule has 1 heterocycles. The Labute approximate surface area is 116 Å². The van der Waals surface area contributed by atoms with Gasteiger partial charge in [-0.3, -0.25) is 9.59 Å². The monoisotopic (exact) mass is 275 g/mol. The lowest BCUT2D eigenvalue weighted by Gasteiger charge is -2.06. The van der Waals surface area contributed by atoms with Gasteiger partial charge < -0.3 is 14.6 Å². The maximum Gasteiger partial charge on any atom is 0.307 e. The molecule has 6 nitrogen and oxygen atoms in total. The van der Waals surface area contributed by atoms with Crippen LogP contribution in [0.2, 0.25) is 0 Å². The predicted octanol–water partition coefficient (Wildman–Crippen LogP) is 1.11. The van der Waals surface area contributed by atoms with Crippen LogP contribution >= 0.6 is 0 Å². The Morgan fingerprint density at radius 2 is 2.10 bits per heavy atom. The van der Waals surface area contributed by atoms with Crippen LogP contribution in [0.3, 0.4) is 0 Å². The minimum Gasteiger partial charge on any atom is -0.469 e. The van der Waals surface area contributed by atoms with E-state index >= 15 is 0 Å². The van der Waals surface area contributed by atoms with Gasteiger partial charge in [-0.25, -0.2) is 4.98 Å². The van der Waals surface area contributed by atoms with Crippen molar-refractivity contribution >= 4 is 22.9 Å². The number of nitrogens with zero attached hydrogens (tertiary/aromatic N) is 2. The van der Waals surface area contributed by atoms with E-state index in [1.165, 1.54) is 7.11 Å². The highest BCUT2D eigenvalue weighted by molar-refractivity contribution is 5.78. The molecule has 0 fully saturated rings. The van der Waals surface area contributed by atoms with Crippen LogP contribution in [0.4, 0.5) is 0 Å². The molecule has 0 aliphatic rings. The lowest BCUT2D eigenvalue weighted by Crippen LogP contribution is -2.27. The van der Waals surface area contributed by atoms with Gasteiger partial charge in [0, 0.05) is 19.5 Å². The third kappa shape index (κ3) is 3.57. The van der Waals surface area contributed by atoms with Gasteiger partial charge in [0.2, 0.25) is 5.91 Å². The second-order valence-corrected chi connectivity index (χ2v) is 4.35. The van der Waals surface area contributed by atoms with E-state index in [2.05, 4.69) is 15.0 Å². The Hall–Kier alpha value is -2.37. The second-order valence-electron chi connectivity index (χ2n) is 4.35. The summed E-state index contributed by atoms with van der Waals surface area (Å²) < 4.78 is 6.44. The molecule has 0 atom stereocenters. The third-order valence-corrected chi connectivity index (χ3v) is 2.99. The van der Waals surface area contributed by atoms with Crippen molar-refractivity contribution in [1.82, 2.24) is 14.9 Å². The van der Waals surface area contributed by atoms with Gasteiger partial charge in [0.05, 0.1) is 30.9 Å². The summed E-state index contributed by atoms with van der Waals surface area (Å²) in [4.78, 5) is 26.8. The minimum atomic E-state index is -0.328. The van der Waals surface area contributed by atoms with Crippen LogP contribution in [-0.2, 0) is 20.9 Å². The van der Waals surface area contributed by atoms with E-state index in [4.69, 9.17) is 0 Å². The maximum atomic E-state index is 11.6. The molecule has 0 radical (unpaired) electrons. The molecule has 0 unspecified atom stereocenters. The summed E-state index contributed by atoms with van der Waals surface area (Å²) >= 11 is 0. The van der Waals surface area contributed by atoms with Crippen LogP contribution < -0.4 is 5.32 Å². The van der Waals surface area contributed by atoms with Crippen molar-refractivity contribution in [2.75, 3.05) is 13.7 Å². The van der Waals surface area contributed by atoms with E-state index in [9.17, 15) is 9.59 Å². The normalized spacial score (nSPS) is 10.4. The number of aromatic nitrogens is 2. The number of carbonyl (C=O) groups excluding carboxylic acids is 2. The SMILES string of the molecule is COC(=O)CCNC(=O)CCn1cnc2ccccc21. The number of nitrogens with one attached hydrogen (secondary N) is 1. The largest absolute Gasteiger partial charge is 0.469 e. The molecule has 20 heavy (non-hydrogen) atoms. The van der Waals surface area contributed by atoms with Gasteiger partial charge in [-0.1, -0.05) is 12.1 Å². The Morgan fingerprint density at radius 1 is 1.30 bits per heavy atom. The fourth-order valence-electron chi connectivity index (χ4n) is 1.90. The molecule has 0 spiro atoms. The number of rotatable bonds is 6. The number of carbonyl (C=O) groups is 2. The molecule has 0 aliphatic heterocycles. The van der Waals surface area contributed by atoms with E-state index < -0.39 is 0 Å². The van der Waals surface area contributed by atoms with Gasteiger partial charge in [-0.15, -0.1) is 0 Å². The highest BCUT2D eigenvalue weighted by Gasteiger charge is 2.06. The minimum absolute atomic E-state index is 0.0910. The molecule has 0 bridgehead atoms. The zero-order chi connectivity index (χ0) is 14.4. The Bertz CT molecular complexity index is 606. The van der Waals surface area contributed by atoms with Gasteiger partial charge in [0.15, 0.2) is 0 Å². The summed E-state index contributed by atoms with van der Waals surface area (Å²) in [5, 5.41) is 2.68. The first kappa shape index (κ1) is 14.0. The van der Waals surface area contributed by atoms with E-state index in [-0.39, 0.29) is 18.3 Å². The van der Waals surface area contributed by atoms with Crippen LogP contribution in [0, 0.1) is 0 Å². The van der Waals surface area contributed by atoms with Crippen LogP contribution in [0.15, 0.2) is 30.6 Å². The summed E-state index contributed by atoms with van der Waals surface area (Å²) in [7, 11) is 1.33. The van der Waals surface area contributed by atoms with Crippen molar-refractivity contribution in [3.63, 3.8) is 0 Å². The molecule has 0 saturated heterocycles.